The highest BCUT2D eigenvalue weighted by Crippen LogP contribution is 2.17. The molecular formula is C26H29ClN4O4S. The summed E-state index contributed by atoms with van der Waals surface area (Å²) in [7, 11) is -2.26. The molecule has 2 aromatic carbocycles. The van der Waals surface area contributed by atoms with Crippen molar-refractivity contribution in [2.24, 2.45) is 0 Å². The Labute approximate surface area is 217 Å². The predicted molar refractivity (Wildman–Crippen MR) is 139 cm³/mol. The largest absolute Gasteiger partial charge is 0.350 e. The lowest BCUT2D eigenvalue weighted by Crippen LogP contribution is -2.52. The van der Waals surface area contributed by atoms with Crippen molar-refractivity contribution in [2.45, 2.75) is 25.6 Å². The van der Waals surface area contributed by atoms with Crippen LogP contribution in [0.15, 0.2) is 79.1 Å². The Bertz CT molecular complexity index is 1260. The van der Waals surface area contributed by atoms with Crippen LogP contribution in [0.5, 0.6) is 0 Å². The van der Waals surface area contributed by atoms with E-state index in [2.05, 4.69) is 10.3 Å². The number of carbonyl (C=O) groups excluding carboxylic acids is 2. The third kappa shape index (κ3) is 8.15. The second kappa shape index (κ2) is 12.6. The predicted octanol–water partition coefficient (Wildman–Crippen LogP) is 2.88. The maximum atomic E-state index is 13.5. The molecule has 0 aliphatic heterocycles. The summed E-state index contributed by atoms with van der Waals surface area (Å²) in [6, 6.07) is 19.0. The van der Waals surface area contributed by atoms with Crippen LogP contribution in [0.2, 0.25) is 5.02 Å². The highest BCUT2D eigenvalue weighted by molar-refractivity contribution is 7.88. The van der Waals surface area contributed by atoms with Gasteiger partial charge >= 0.3 is 0 Å². The van der Waals surface area contributed by atoms with Gasteiger partial charge in [0, 0.05) is 44.0 Å². The lowest BCUT2D eigenvalue weighted by Gasteiger charge is -2.32. The number of sulfonamides is 1. The van der Waals surface area contributed by atoms with Crippen LogP contribution in [0.1, 0.15) is 16.7 Å². The van der Waals surface area contributed by atoms with Crippen molar-refractivity contribution < 1.29 is 18.0 Å². The summed E-state index contributed by atoms with van der Waals surface area (Å²) in [4.78, 5) is 32.4. The summed E-state index contributed by atoms with van der Waals surface area (Å²) in [5, 5.41) is 3.47. The van der Waals surface area contributed by atoms with Crippen molar-refractivity contribution in [2.75, 3.05) is 19.8 Å². The molecule has 0 aliphatic carbocycles. The fourth-order valence-electron chi connectivity index (χ4n) is 3.55. The fraction of sp³-hybridized carbons (Fsp3) is 0.269. The minimum Gasteiger partial charge on any atom is -0.350 e. The van der Waals surface area contributed by atoms with Crippen molar-refractivity contribution in [1.29, 1.82) is 0 Å². The Morgan fingerprint density at radius 1 is 0.944 bits per heavy atom. The van der Waals surface area contributed by atoms with Crippen LogP contribution >= 0.6 is 11.6 Å². The number of hydrogen-bond donors (Lipinski definition) is 1. The zero-order chi connectivity index (χ0) is 26.1. The molecule has 0 spiro atoms. The summed E-state index contributed by atoms with van der Waals surface area (Å²) in [5.74, 6) is -0.835. The van der Waals surface area contributed by atoms with E-state index in [4.69, 9.17) is 11.6 Å². The Balaban J connectivity index is 1.94. The fourth-order valence-corrected chi connectivity index (χ4v) is 4.02. The molecule has 0 aliphatic rings. The SMILES string of the molecule is CN(CC(=O)N(Cc1ccc(Cl)cc1)[C@H](Cc1ccccc1)C(=O)NCc1ccncc1)S(C)(=O)=O. The lowest BCUT2D eigenvalue weighted by molar-refractivity contribution is -0.141. The molecule has 36 heavy (non-hydrogen) atoms. The quantitative estimate of drug-likeness (QED) is 0.412. The molecule has 1 aromatic heterocycles. The van der Waals surface area contributed by atoms with Crippen molar-refractivity contribution >= 4 is 33.4 Å². The maximum Gasteiger partial charge on any atom is 0.243 e. The summed E-state index contributed by atoms with van der Waals surface area (Å²) < 4.78 is 25.0. The second-order valence-corrected chi connectivity index (χ2v) is 11.0. The van der Waals surface area contributed by atoms with Gasteiger partial charge in [-0.25, -0.2) is 8.42 Å². The first-order chi connectivity index (χ1) is 17.1. The Kier molecular flexibility index (Phi) is 9.58. The van der Waals surface area contributed by atoms with E-state index in [0.717, 1.165) is 27.3 Å². The first-order valence-electron chi connectivity index (χ1n) is 11.3. The van der Waals surface area contributed by atoms with Crippen molar-refractivity contribution in [3.8, 4) is 0 Å². The van der Waals surface area contributed by atoms with Gasteiger partial charge < -0.3 is 10.2 Å². The van der Waals surface area contributed by atoms with E-state index in [1.54, 1.807) is 48.8 Å². The molecule has 190 valence electrons. The van der Waals surface area contributed by atoms with E-state index in [9.17, 15) is 18.0 Å². The number of aromatic nitrogens is 1. The number of likely N-dealkylation sites (N-methyl/N-ethyl adjacent to an activating group) is 1. The molecular weight excluding hydrogens is 500 g/mol. The monoisotopic (exact) mass is 528 g/mol. The minimum atomic E-state index is -3.60. The van der Waals surface area contributed by atoms with E-state index >= 15 is 0 Å². The van der Waals surface area contributed by atoms with Crippen molar-refractivity contribution in [3.05, 3.63) is 101 Å². The average molecular weight is 529 g/mol. The molecule has 10 heteroatoms. The van der Waals surface area contributed by atoms with Gasteiger partial charge in [-0.2, -0.15) is 4.31 Å². The van der Waals surface area contributed by atoms with Crippen molar-refractivity contribution in [3.63, 3.8) is 0 Å². The molecule has 1 N–H and O–H groups in total. The van der Waals surface area contributed by atoms with E-state index in [1.807, 2.05) is 30.3 Å². The zero-order valence-corrected chi connectivity index (χ0v) is 21.7. The Morgan fingerprint density at radius 2 is 1.58 bits per heavy atom. The molecule has 0 fully saturated rings. The van der Waals surface area contributed by atoms with Gasteiger partial charge in [-0.3, -0.25) is 14.6 Å². The number of amides is 2. The van der Waals surface area contributed by atoms with Gasteiger partial charge in [0.25, 0.3) is 0 Å². The molecule has 0 bridgehead atoms. The van der Waals surface area contributed by atoms with Crippen LogP contribution in [0.4, 0.5) is 0 Å². The summed E-state index contributed by atoms with van der Waals surface area (Å²) in [6.45, 7) is -0.0258. The Hall–Kier alpha value is -3.27. The number of benzene rings is 2. The van der Waals surface area contributed by atoms with Crippen LogP contribution in [-0.4, -0.2) is 60.3 Å². The van der Waals surface area contributed by atoms with Gasteiger partial charge in [-0.15, -0.1) is 0 Å². The summed E-state index contributed by atoms with van der Waals surface area (Å²) in [5.41, 5.74) is 2.49. The number of pyridine rings is 1. The van der Waals surface area contributed by atoms with Gasteiger partial charge in [-0.05, 0) is 41.0 Å². The Morgan fingerprint density at radius 3 is 2.19 bits per heavy atom. The average Bonchev–Trinajstić information content (AvgIpc) is 2.86. The zero-order valence-electron chi connectivity index (χ0n) is 20.2. The number of nitrogens with one attached hydrogen (secondary N) is 1. The maximum absolute atomic E-state index is 13.5. The second-order valence-electron chi connectivity index (χ2n) is 8.45. The first-order valence-corrected chi connectivity index (χ1v) is 13.5. The molecule has 1 atom stereocenters. The van der Waals surface area contributed by atoms with Gasteiger partial charge in [-0.1, -0.05) is 54.1 Å². The van der Waals surface area contributed by atoms with Crippen LogP contribution in [0.25, 0.3) is 0 Å². The standard InChI is InChI=1S/C26H29ClN4O4S/c1-30(36(2,34)35)19-25(32)31(18-22-8-10-23(27)11-9-22)24(16-20-6-4-3-5-7-20)26(33)29-17-21-12-14-28-15-13-21/h3-15,24H,16-19H2,1-2H3,(H,29,33)/t24-/m1/s1. The molecule has 2 amide bonds. The smallest absolute Gasteiger partial charge is 0.243 e. The third-order valence-corrected chi connectivity index (χ3v) is 7.19. The van der Waals surface area contributed by atoms with Crippen LogP contribution in [0, 0.1) is 0 Å². The molecule has 0 unspecified atom stereocenters. The highest BCUT2D eigenvalue weighted by Gasteiger charge is 2.31. The molecule has 0 radical (unpaired) electrons. The van der Waals surface area contributed by atoms with E-state index in [0.29, 0.717) is 5.02 Å². The number of halogens is 1. The lowest BCUT2D eigenvalue weighted by atomic mass is 10.0. The molecule has 3 aromatic rings. The highest BCUT2D eigenvalue weighted by atomic mass is 35.5. The molecule has 1 heterocycles. The van der Waals surface area contributed by atoms with Crippen LogP contribution < -0.4 is 5.32 Å². The van der Waals surface area contributed by atoms with Crippen molar-refractivity contribution in [1.82, 2.24) is 19.5 Å². The molecule has 0 saturated heterocycles. The van der Waals surface area contributed by atoms with Gasteiger partial charge in [0.15, 0.2) is 0 Å². The summed E-state index contributed by atoms with van der Waals surface area (Å²) >= 11 is 6.03. The van der Waals surface area contributed by atoms with E-state index in [1.165, 1.54) is 11.9 Å². The van der Waals surface area contributed by atoms with Crippen LogP contribution in [0.3, 0.4) is 0 Å². The number of carbonyl (C=O) groups is 2. The first kappa shape index (κ1) is 27.3. The van der Waals surface area contributed by atoms with Gasteiger partial charge in [0.2, 0.25) is 21.8 Å². The minimum absolute atomic E-state index is 0.105. The summed E-state index contributed by atoms with van der Waals surface area (Å²) in [6.07, 6.45) is 4.57. The molecule has 8 nitrogen and oxygen atoms in total. The third-order valence-electron chi connectivity index (χ3n) is 5.68. The van der Waals surface area contributed by atoms with Crippen LogP contribution in [-0.2, 0) is 39.1 Å². The van der Waals surface area contributed by atoms with Gasteiger partial charge in [0.1, 0.15) is 6.04 Å². The molecule has 0 saturated carbocycles. The molecule has 3 rings (SSSR count). The van der Waals surface area contributed by atoms with Gasteiger partial charge in [0.05, 0.1) is 12.8 Å². The normalized spacial score (nSPS) is 12.2. The number of rotatable bonds is 11. The number of nitrogens with zero attached hydrogens (tertiary/aromatic N) is 3. The number of hydrogen-bond acceptors (Lipinski definition) is 5. The van der Waals surface area contributed by atoms with E-state index < -0.39 is 28.5 Å². The topological polar surface area (TPSA) is 99.7 Å². The van der Waals surface area contributed by atoms with E-state index in [-0.39, 0.29) is 25.4 Å².